The Morgan fingerprint density at radius 3 is 3.00 bits per heavy atom. The maximum absolute atomic E-state index is 11.2. The molecule has 0 saturated heterocycles. The first-order valence-corrected chi connectivity index (χ1v) is 3.69. The van der Waals surface area contributed by atoms with Crippen LogP contribution in [0.4, 0.5) is 0 Å². The second-order valence-corrected chi connectivity index (χ2v) is 2.69. The largest absolute Gasteiger partial charge is 0.628 e. The van der Waals surface area contributed by atoms with Crippen LogP contribution in [0.2, 0.25) is 0 Å². The molecule has 4 nitrogen and oxygen atoms in total. The molecule has 0 saturated carbocycles. The van der Waals surface area contributed by atoms with Crippen LogP contribution in [0.25, 0.3) is 0 Å². The predicted molar refractivity (Wildman–Crippen MR) is 44.2 cm³/mol. The molecule has 0 aromatic carbocycles. The first-order chi connectivity index (χ1) is 5.79. The lowest BCUT2D eigenvalue weighted by atomic mass is 10.1. The van der Waals surface area contributed by atoms with Gasteiger partial charge in [-0.2, -0.15) is 4.74 Å². The summed E-state index contributed by atoms with van der Waals surface area (Å²) in [5, 5.41) is 22.3. The number of rotatable bonds is 0. The van der Waals surface area contributed by atoms with Gasteiger partial charge in [-0.05, 0) is 12.2 Å². The van der Waals surface area contributed by atoms with Gasteiger partial charge in [0.25, 0.3) is 5.70 Å². The Morgan fingerprint density at radius 2 is 2.25 bits per heavy atom. The van der Waals surface area contributed by atoms with Crippen LogP contribution in [0, 0.1) is 10.4 Å². The molecule has 0 aliphatic carbocycles. The summed E-state index contributed by atoms with van der Waals surface area (Å²) in [6.45, 7) is 0. The molecule has 2 rings (SSSR count). The van der Waals surface area contributed by atoms with E-state index in [9.17, 15) is 10.4 Å². The first kappa shape index (κ1) is 7.27. The van der Waals surface area contributed by atoms with Crippen molar-refractivity contribution in [1.82, 2.24) is 0 Å². The van der Waals surface area contributed by atoms with E-state index in [2.05, 4.69) is 0 Å². The Kier molecular flexibility index (Phi) is 1.56. The SMILES string of the molecule is [O-][N+]1=CC=CC2C1=CC=C[NH+]2[O-]. The zero-order valence-corrected chi connectivity index (χ0v) is 6.31. The van der Waals surface area contributed by atoms with Crippen LogP contribution in [-0.4, -0.2) is 17.0 Å². The highest BCUT2D eigenvalue weighted by Crippen LogP contribution is 2.08. The molecule has 0 bridgehead atoms. The molecule has 2 aliphatic heterocycles. The summed E-state index contributed by atoms with van der Waals surface area (Å²) >= 11 is 0. The van der Waals surface area contributed by atoms with Gasteiger partial charge in [-0.25, -0.2) is 0 Å². The van der Waals surface area contributed by atoms with Gasteiger partial charge in [-0.3, -0.25) is 0 Å². The number of hydrogen-bond donors (Lipinski definition) is 1. The van der Waals surface area contributed by atoms with E-state index in [1.165, 1.54) is 12.4 Å². The highest BCUT2D eigenvalue weighted by atomic mass is 16.5. The summed E-state index contributed by atoms with van der Waals surface area (Å²) in [6, 6.07) is -0.363. The van der Waals surface area contributed by atoms with Crippen molar-refractivity contribution in [2.45, 2.75) is 6.04 Å². The average Bonchev–Trinajstić information content (AvgIpc) is 2.07. The summed E-state index contributed by atoms with van der Waals surface area (Å²) < 4.78 is 0.728. The van der Waals surface area contributed by atoms with Gasteiger partial charge in [0, 0.05) is 12.2 Å². The molecule has 2 unspecified atom stereocenters. The van der Waals surface area contributed by atoms with Crippen LogP contribution in [0.1, 0.15) is 0 Å². The molecule has 0 radical (unpaired) electrons. The Balaban J connectivity index is 2.41. The van der Waals surface area contributed by atoms with E-state index in [1.54, 1.807) is 24.3 Å². The van der Waals surface area contributed by atoms with E-state index < -0.39 is 0 Å². The van der Waals surface area contributed by atoms with Gasteiger partial charge in [0.15, 0.2) is 12.3 Å². The van der Waals surface area contributed by atoms with E-state index in [1.807, 2.05) is 0 Å². The third kappa shape index (κ3) is 0.975. The zero-order chi connectivity index (χ0) is 8.55. The van der Waals surface area contributed by atoms with Crippen LogP contribution < -0.4 is 5.06 Å². The van der Waals surface area contributed by atoms with Crippen molar-refractivity contribution >= 4 is 6.21 Å². The number of fused-ring (bicyclic) bond motifs is 1. The summed E-state index contributed by atoms with van der Waals surface area (Å²) in [5.74, 6) is 0. The summed E-state index contributed by atoms with van der Waals surface area (Å²) in [5.41, 5.74) is 0.505. The van der Waals surface area contributed by atoms with Crippen LogP contribution >= 0.6 is 0 Å². The second kappa shape index (κ2) is 2.58. The Labute approximate surface area is 69.6 Å². The minimum absolute atomic E-state index is 0.0299. The van der Waals surface area contributed by atoms with Gasteiger partial charge in [0.2, 0.25) is 0 Å². The van der Waals surface area contributed by atoms with Gasteiger partial charge < -0.3 is 15.5 Å². The molecule has 62 valence electrons. The Morgan fingerprint density at radius 1 is 1.42 bits per heavy atom. The van der Waals surface area contributed by atoms with E-state index in [0.717, 1.165) is 4.74 Å². The maximum Gasteiger partial charge on any atom is 0.256 e. The third-order valence-electron chi connectivity index (χ3n) is 1.93. The molecule has 0 spiro atoms. The quantitative estimate of drug-likeness (QED) is 0.380. The van der Waals surface area contributed by atoms with Crippen molar-refractivity contribution in [2.24, 2.45) is 0 Å². The van der Waals surface area contributed by atoms with Crippen molar-refractivity contribution in [3.8, 4) is 0 Å². The summed E-state index contributed by atoms with van der Waals surface area (Å²) in [6.07, 6.45) is 9.48. The second-order valence-electron chi connectivity index (χ2n) is 2.69. The molecule has 4 heteroatoms. The van der Waals surface area contributed by atoms with Crippen LogP contribution in [0.3, 0.4) is 0 Å². The monoisotopic (exact) mass is 164 g/mol. The van der Waals surface area contributed by atoms with Gasteiger partial charge >= 0.3 is 0 Å². The molecule has 0 amide bonds. The number of quaternary nitrogens is 1. The van der Waals surface area contributed by atoms with Crippen LogP contribution in [-0.2, 0) is 0 Å². The minimum Gasteiger partial charge on any atom is -0.628 e. The molecule has 12 heavy (non-hydrogen) atoms. The fourth-order valence-electron chi connectivity index (χ4n) is 1.32. The Hall–Kier alpha value is -1.39. The predicted octanol–water partition coefficient (Wildman–Crippen LogP) is -0.700. The van der Waals surface area contributed by atoms with Crippen LogP contribution in [0.5, 0.6) is 0 Å². The smallest absolute Gasteiger partial charge is 0.256 e. The number of hydrogen-bond acceptors (Lipinski definition) is 2. The van der Waals surface area contributed by atoms with Crippen LogP contribution in [0.15, 0.2) is 36.2 Å². The lowest BCUT2D eigenvalue weighted by Gasteiger charge is -2.28. The normalized spacial score (nSPS) is 32.4. The molecule has 2 aliphatic rings. The molecule has 0 aromatic rings. The third-order valence-corrected chi connectivity index (χ3v) is 1.93. The summed E-state index contributed by atoms with van der Waals surface area (Å²) in [7, 11) is 0. The standard InChI is InChI=1S/C8H8N2O2/c11-9-5-1-3-7-8(9)4-2-6-10(7)12/h1-7,10H. The maximum atomic E-state index is 11.2. The van der Waals surface area contributed by atoms with Gasteiger partial charge in [-0.15, -0.1) is 0 Å². The molecule has 0 aromatic heterocycles. The zero-order valence-electron chi connectivity index (χ0n) is 6.31. The molecular formula is C8H8N2O2. The highest BCUT2D eigenvalue weighted by molar-refractivity contribution is 5.68. The van der Waals surface area contributed by atoms with Crippen molar-refractivity contribution in [1.29, 1.82) is 0 Å². The van der Waals surface area contributed by atoms with Gasteiger partial charge in [0.1, 0.15) is 0 Å². The number of nitrogens with zero attached hydrogens (tertiary/aromatic N) is 1. The van der Waals surface area contributed by atoms with E-state index >= 15 is 0 Å². The lowest BCUT2D eigenvalue weighted by Crippen LogP contribution is -3.07. The molecule has 0 fully saturated rings. The van der Waals surface area contributed by atoms with Crippen molar-refractivity contribution in [3.63, 3.8) is 0 Å². The minimum atomic E-state index is -0.363. The van der Waals surface area contributed by atoms with E-state index in [-0.39, 0.29) is 11.1 Å². The van der Waals surface area contributed by atoms with Gasteiger partial charge in [-0.1, -0.05) is 0 Å². The first-order valence-electron chi connectivity index (χ1n) is 3.69. The lowest BCUT2D eigenvalue weighted by molar-refractivity contribution is -0.816. The van der Waals surface area contributed by atoms with Crippen molar-refractivity contribution < 1.29 is 9.80 Å². The van der Waals surface area contributed by atoms with Crippen molar-refractivity contribution in [3.05, 3.63) is 46.6 Å². The Bertz CT molecular complexity index is 315. The molecule has 1 N–H and O–H groups in total. The molecule has 2 heterocycles. The number of allylic oxidation sites excluding steroid dienone is 3. The average molecular weight is 164 g/mol. The number of hydroxylamine groups is 3. The highest BCUT2D eigenvalue weighted by Gasteiger charge is 2.28. The molecular weight excluding hydrogens is 156 g/mol. The van der Waals surface area contributed by atoms with Crippen molar-refractivity contribution in [2.75, 3.05) is 0 Å². The fraction of sp³-hybridized carbons (Fsp3) is 0.125. The van der Waals surface area contributed by atoms with E-state index in [4.69, 9.17) is 0 Å². The fourth-order valence-corrected chi connectivity index (χ4v) is 1.32. The summed E-state index contributed by atoms with van der Waals surface area (Å²) in [4.78, 5) is 0. The van der Waals surface area contributed by atoms with E-state index in [0.29, 0.717) is 5.70 Å². The topological polar surface area (TPSA) is 53.6 Å². The number of nitrogens with one attached hydrogen (secondary N) is 1. The van der Waals surface area contributed by atoms with Gasteiger partial charge in [0.05, 0.1) is 6.20 Å². The molecule has 2 atom stereocenters.